The van der Waals surface area contributed by atoms with Gasteiger partial charge in [0.15, 0.2) is 23.3 Å². The second-order valence-electron chi connectivity index (χ2n) is 3.96. The van der Waals surface area contributed by atoms with E-state index in [1.807, 2.05) is 0 Å². The fourth-order valence-corrected chi connectivity index (χ4v) is 3.42. The first-order chi connectivity index (χ1) is 9.61. The molecule has 0 aliphatic carbocycles. The van der Waals surface area contributed by atoms with Crippen LogP contribution in [0.3, 0.4) is 0 Å². The highest BCUT2D eigenvalue weighted by Gasteiger charge is 2.27. The second-order valence-corrected chi connectivity index (χ2v) is 5.86. The van der Waals surface area contributed by atoms with Crippen LogP contribution in [0, 0.1) is 23.3 Å². The average Bonchev–Trinajstić information content (AvgIpc) is 3.10. The van der Waals surface area contributed by atoms with Gasteiger partial charge in [0, 0.05) is 9.75 Å². The SMILES string of the molecule is Fc1c(F)c(-c2cccs2)c(F)c(F)c1-c1cccs1. The Bertz CT molecular complexity index is 652. The molecule has 0 nitrogen and oxygen atoms in total. The molecule has 0 spiro atoms. The van der Waals surface area contributed by atoms with Crippen molar-refractivity contribution in [1.29, 1.82) is 0 Å². The van der Waals surface area contributed by atoms with Crippen LogP contribution >= 0.6 is 22.7 Å². The van der Waals surface area contributed by atoms with Crippen molar-refractivity contribution in [3.05, 3.63) is 58.3 Å². The van der Waals surface area contributed by atoms with E-state index >= 15 is 0 Å². The summed E-state index contributed by atoms with van der Waals surface area (Å²) in [5.74, 6) is -5.46. The van der Waals surface area contributed by atoms with Crippen LogP contribution in [0.1, 0.15) is 0 Å². The summed E-state index contributed by atoms with van der Waals surface area (Å²) in [6, 6.07) is 5.94. The molecule has 20 heavy (non-hydrogen) atoms. The summed E-state index contributed by atoms with van der Waals surface area (Å²) in [6.07, 6.45) is 0. The predicted molar refractivity (Wildman–Crippen MR) is 72.9 cm³/mol. The van der Waals surface area contributed by atoms with Crippen molar-refractivity contribution in [3.8, 4) is 20.9 Å². The second kappa shape index (κ2) is 5.03. The quantitative estimate of drug-likeness (QED) is 0.420. The Kier molecular flexibility index (Phi) is 3.35. The third kappa shape index (κ3) is 1.96. The van der Waals surface area contributed by atoms with E-state index in [1.165, 1.54) is 12.1 Å². The lowest BCUT2D eigenvalue weighted by Crippen LogP contribution is -2.01. The maximum atomic E-state index is 14.1. The molecule has 2 heterocycles. The molecule has 0 atom stereocenters. The van der Waals surface area contributed by atoms with Crippen molar-refractivity contribution >= 4 is 22.7 Å². The van der Waals surface area contributed by atoms with Crippen molar-refractivity contribution in [3.63, 3.8) is 0 Å². The van der Waals surface area contributed by atoms with Crippen molar-refractivity contribution in [2.24, 2.45) is 0 Å². The van der Waals surface area contributed by atoms with E-state index < -0.39 is 34.4 Å². The highest BCUT2D eigenvalue weighted by Crippen LogP contribution is 2.39. The van der Waals surface area contributed by atoms with Crippen LogP contribution in [0.25, 0.3) is 20.9 Å². The maximum absolute atomic E-state index is 14.1. The fourth-order valence-electron chi connectivity index (χ4n) is 1.91. The summed E-state index contributed by atoms with van der Waals surface area (Å²) >= 11 is 2.03. The first-order valence-corrected chi connectivity index (χ1v) is 7.31. The van der Waals surface area contributed by atoms with Crippen LogP contribution < -0.4 is 0 Å². The van der Waals surface area contributed by atoms with Gasteiger partial charge in [-0.1, -0.05) is 12.1 Å². The Morgan fingerprint density at radius 3 is 1.20 bits per heavy atom. The lowest BCUT2D eigenvalue weighted by Gasteiger charge is -2.10. The van der Waals surface area contributed by atoms with Crippen molar-refractivity contribution in [2.45, 2.75) is 0 Å². The molecule has 6 heteroatoms. The molecule has 0 fully saturated rings. The van der Waals surface area contributed by atoms with E-state index in [0.29, 0.717) is 0 Å². The van der Waals surface area contributed by atoms with Crippen LogP contribution in [-0.2, 0) is 0 Å². The molecule has 0 aliphatic rings. The average molecular weight is 314 g/mol. The molecule has 0 amide bonds. The lowest BCUT2D eigenvalue weighted by atomic mass is 10.1. The Labute approximate surface area is 119 Å². The zero-order valence-electron chi connectivity index (χ0n) is 9.79. The highest BCUT2D eigenvalue weighted by atomic mass is 32.1. The third-order valence-corrected chi connectivity index (χ3v) is 4.57. The highest BCUT2D eigenvalue weighted by molar-refractivity contribution is 7.13. The van der Waals surface area contributed by atoms with Gasteiger partial charge in [-0.3, -0.25) is 0 Å². The number of hydrogen-bond acceptors (Lipinski definition) is 2. The molecule has 3 aromatic rings. The molecule has 2 aromatic heterocycles. The van der Waals surface area contributed by atoms with Crippen LogP contribution in [-0.4, -0.2) is 0 Å². The largest absolute Gasteiger partial charge is 0.203 e. The van der Waals surface area contributed by atoms with Gasteiger partial charge >= 0.3 is 0 Å². The topological polar surface area (TPSA) is 0 Å². The van der Waals surface area contributed by atoms with E-state index in [2.05, 4.69) is 0 Å². The number of thiophene rings is 2. The first-order valence-electron chi connectivity index (χ1n) is 5.55. The minimum atomic E-state index is -1.37. The summed E-state index contributed by atoms with van der Waals surface area (Å²) in [5, 5.41) is 3.16. The van der Waals surface area contributed by atoms with Gasteiger partial charge in [-0.25, -0.2) is 17.6 Å². The zero-order chi connectivity index (χ0) is 14.3. The van der Waals surface area contributed by atoms with E-state index in [9.17, 15) is 17.6 Å². The van der Waals surface area contributed by atoms with Crippen LogP contribution in [0.15, 0.2) is 35.0 Å². The fraction of sp³-hybridized carbons (Fsp3) is 0. The number of halogens is 4. The molecule has 0 radical (unpaired) electrons. The summed E-state index contributed by atoms with van der Waals surface area (Å²) in [6.45, 7) is 0. The van der Waals surface area contributed by atoms with E-state index in [1.54, 1.807) is 22.9 Å². The van der Waals surface area contributed by atoms with Crippen molar-refractivity contribution in [2.75, 3.05) is 0 Å². The molecule has 0 bridgehead atoms. The smallest absolute Gasteiger partial charge is 0.171 e. The van der Waals surface area contributed by atoms with Gasteiger partial charge < -0.3 is 0 Å². The van der Waals surface area contributed by atoms with Crippen molar-refractivity contribution < 1.29 is 17.6 Å². The lowest BCUT2D eigenvalue weighted by molar-refractivity contribution is 0.463. The van der Waals surface area contributed by atoms with E-state index in [4.69, 9.17) is 0 Å². The minimum Gasteiger partial charge on any atom is -0.203 e. The minimum absolute atomic E-state index is 0.149. The molecular weight excluding hydrogens is 308 g/mol. The van der Waals surface area contributed by atoms with Crippen molar-refractivity contribution in [1.82, 2.24) is 0 Å². The summed E-state index contributed by atoms with van der Waals surface area (Å²) in [5.41, 5.74) is -1.31. The number of rotatable bonds is 2. The monoisotopic (exact) mass is 314 g/mol. The standard InChI is InChI=1S/C14H6F4S2/c15-11-9(7-3-1-5-19-7)12(16)14(18)10(13(11)17)8-4-2-6-20-8/h1-6H. The van der Waals surface area contributed by atoms with Gasteiger partial charge in [0.2, 0.25) is 0 Å². The molecule has 0 N–H and O–H groups in total. The maximum Gasteiger partial charge on any atom is 0.171 e. The Morgan fingerprint density at radius 1 is 0.600 bits per heavy atom. The summed E-state index contributed by atoms with van der Waals surface area (Å²) < 4.78 is 56.4. The van der Waals surface area contributed by atoms with Crippen LogP contribution in [0.4, 0.5) is 17.6 Å². The molecular formula is C14H6F4S2. The first kappa shape index (κ1) is 13.3. The van der Waals surface area contributed by atoms with Crippen LogP contribution in [0.2, 0.25) is 0 Å². The Morgan fingerprint density at radius 2 is 0.950 bits per heavy atom. The summed E-state index contributed by atoms with van der Waals surface area (Å²) in [7, 11) is 0. The molecule has 0 aliphatic heterocycles. The number of hydrogen-bond donors (Lipinski definition) is 0. The van der Waals surface area contributed by atoms with Gasteiger partial charge in [-0.2, -0.15) is 0 Å². The van der Waals surface area contributed by atoms with Gasteiger partial charge in [0.25, 0.3) is 0 Å². The summed E-state index contributed by atoms with van der Waals surface area (Å²) in [4.78, 5) is 0.297. The Hall–Kier alpha value is -1.66. The van der Waals surface area contributed by atoms with Gasteiger partial charge in [-0.15, -0.1) is 22.7 Å². The number of benzene rings is 1. The van der Waals surface area contributed by atoms with E-state index in [-0.39, 0.29) is 9.75 Å². The molecule has 3 rings (SSSR count). The van der Waals surface area contributed by atoms with Gasteiger partial charge in [0.1, 0.15) is 0 Å². The van der Waals surface area contributed by atoms with Gasteiger partial charge in [-0.05, 0) is 22.9 Å². The molecule has 0 unspecified atom stereocenters. The van der Waals surface area contributed by atoms with Crippen LogP contribution in [0.5, 0.6) is 0 Å². The third-order valence-electron chi connectivity index (χ3n) is 2.80. The van der Waals surface area contributed by atoms with E-state index in [0.717, 1.165) is 22.7 Å². The molecule has 0 saturated carbocycles. The molecule has 0 saturated heterocycles. The normalized spacial score (nSPS) is 11.0. The zero-order valence-corrected chi connectivity index (χ0v) is 11.4. The Balaban J connectivity index is 2.33. The van der Waals surface area contributed by atoms with Gasteiger partial charge in [0.05, 0.1) is 11.1 Å². The molecule has 102 valence electrons. The predicted octanol–water partition coefficient (Wildman–Crippen LogP) is 5.70. The molecule has 1 aromatic carbocycles.